The number of fused-ring (bicyclic) bond motifs is 1. The Morgan fingerprint density at radius 2 is 1.85 bits per heavy atom. The Bertz CT molecular complexity index is 1280. The van der Waals surface area contributed by atoms with Gasteiger partial charge in [-0.1, -0.05) is 29.8 Å². The fourth-order valence-electron chi connectivity index (χ4n) is 3.34. The van der Waals surface area contributed by atoms with Crippen LogP contribution in [-0.4, -0.2) is 23.3 Å². The van der Waals surface area contributed by atoms with Gasteiger partial charge >= 0.3 is 0 Å². The Morgan fingerprint density at radius 3 is 2.55 bits per heavy atom. The fraction of sp³-hybridized carbons (Fsp3) is 0.0833. The zero-order chi connectivity index (χ0) is 23.7. The Hall–Kier alpha value is -3.20. The largest absolute Gasteiger partial charge is 0.588 e. The van der Waals surface area contributed by atoms with Gasteiger partial charge in [-0.05, 0) is 53.6 Å². The molecule has 0 fully saturated rings. The lowest BCUT2D eigenvalue weighted by atomic mass is 10.0. The van der Waals surface area contributed by atoms with Crippen molar-refractivity contribution in [2.75, 3.05) is 11.4 Å². The summed E-state index contributed by atoms with van der Waals surface area (Å²) >= 11 is 4.02. The molecule has 1 unspecified atom stereocenters. The summed E-state index contributed by atoms with van der Waals surface area (Å²) in [6, 6.07) is 14.2. The molecule has 0 saturated carbocycles. The summed E-state index contributed by atoms with van der Waals surface area (Å²) in [5.41, 5.74) is 2.02. The van der Waals surface area contributed by atoms with Gasteiger partial charge in [0.1, 0.15) is 23.0 Å². The summed E-state index contributed by atoms with van der Waals surface area (Å²) in [5.74, 6) is -1.89. The molecule has 1 aliphatic rings. The van der Waals surface area contributed by atoms with E-state index in [4.69, 9.17) is 11.6 Å². The second-order valence-corrected chi connectivity index (χ2v) is 9.19. The van der Waals surface area contributed by atoms with E-state index in [1.54, 1.807) is 25.2 Å². The smallest absolute Gasteiger partial charge is 0.251 e. The first kappa shape index (κ1) is 23.0. The van der Waals surface area contributed by atoms with Crippen LogP contribution in [-0.2, 0) is 17.9 Å². The van der Waals surface area contributed by atoms with E-state index in [1.165, 1.54) is 46.8 Å². The first-order valence-electron chi connectivity index (χ1n) is 9.78. The number of nitrogens with zero attached hydrogens (tertiary/aromatic N) is 1. The van der Waals surface area contributed by atoms with Crippen molar-refractivity contribution >= 4 is 46.4 Å². The van der Waals surface area contributed by atoms with Crippen LogP contribution in [0.4, 0.5) is 14.5 Å². The lowest BCUT2D eigenvalue weighted by molar-refractivity contribution is 0.0951. The Balaban J connectivity index is 1.61. The summed E-state index contributed by atoms with van der Waals surface area (Å²) in [7, 11) is 1.57. The highest BCUT2D eigenvalue weighted by molar-refractivity contribution is 7.97. The molecule has 0 aromatic heterocycles. The summed E-state index contributed by atoms with van der Waals surface area (Å²) in [5, 5.41) is 2.61. The third-order valence-corrected chi connectivity index (χ3v) is 6.77. The molecule has 0 spiro atoms. The van der Waals surface area contributed by atoms with E-state index in [0.29, 0.717) is 11.3 Å². The molecule has 168 valence electrons. The minimum absolute atomic E-state index is 0.0171. The fourth-order valence-corrected chi connectivity index (χ4v) is 4.67. The van der Waals surface area contributed by atoms with Crippen molar-refractivity contribution in [2.24, 2.45) is 0 Å². The predicted octanol–water partition coefficient (Wildman–Crippen LogP) is 4.89. The van der Waals surface area contributed by atoms with E-state index in [-0.39, 0.29) is 33.4 Å². The van der Waals surface area contributed by atoms with Crippen molar-refractivity contribution in [2.45, 2.75) is 6.54 Å². The molecular weight excluding hydrogens is 470 g/mol. The highest BCUT2D eigenvalue weighted by atomic mass is 35.5. The molecule has 0 bridgehead atoms. The minimum atomic E-state index is -1.80. The van der Waals surface area contributed by atoms with Crippen molar-refractivity contribution < 1.29 is 22.9 Å². The number of anilines is 1. The monoisotopic (exact) mass is 486 g/mol. The van der Waals surface area contributed by atoms with Gasteiger partial charge in [0, 0.05) is 18.2 Å². The molecule has 0 saturated heterocycles. The average molecular weight is 487 g/mol. The third-order valence-electron chi connectivity index (χ3n) is 5.11. The van der Waals surface area contributed by atoms with E-state index >= 15 is 0 Å². The summed E-state index contributed by atoms with van der Waals surface area (Å²) < 4.78 is 40.8. The number of carbonyl (C=O) groups is 2. The first-order valence-corrected chi connectivity index (χ1v) is 11.3. The summed E-state index contributed by atoms with van der Waals surface area (Å²) in [6.45, 7) is 0.185. The van der Waals surface area contributed by atoms with Gasteiger partial charge < -0.3 is 9.87 Å². The van der Waals surface area contributed by atoms with Crippen molar-refractivity contribution in [1.29, 1.82) is 0 Å². The van der Waals surface area contributed by atoms with Crippen LogP contribution in [0.1, 0.15) is 31.8 Å². The van der Waals surface area contributed by atoms with Gasteiger partial charge in [0.15, 0.2) is 0 Å². The molecule has 9 heteroatoms. The topological polar surface area (TPSA) is 72.5 Å². The molecule has 1 amide bonds. The van der Waals surface area contributed by atoms with Gasteiger partial charge in [-0.25, -0.2) is 8.78 Å². The quantitative estimate of drug-likeness (QED) is 0.421. The highest BCUT2D eigenvalue weighted by Gasteiger charge is 2.38. The van der Waals surface area contributed by atoms with Crippen molar-refractivity contribution in [3.63, 3.8) is 0 Å². The normalized spacial score (nSPS) is 16.6. The number of amides is 1. The standard InChI is InChI=1S/C24H17ClF2N2O3S/c1-29-21-9-5-16(24(31)28-13-14-2-6-17(26)7-3-14)12-18(21)23(30)22(33(29)32)11-15-4-8-20(27)19(25)10-15/h2-12H,13H2,1H3,(H,28,31)/b22-11+. The highest BCUT2D eigenvalue weighted by Crippen LogP contribution is 2.35. The molecule has 1 aliphatic heterocycles. The number of allylic oxidation sites excluding steroid dienone is 1. The van der Waals surface area contributed by atoms with Gasteiger partial charge in [-0.15, -0.1) is 0 Å². The van der Waals surface area contributed by atoms with Crippen molar-refractivity contribution in [3.05, 3.63) is 104 Å². The zero-order valence-electron chi connectivity index (χ0n) is 17.3. The van der Waals surface area contributed by atoms with E-state index < -0.39 is 28.9 Å². The third kappa shape index (κ3) is 4.78. The van der Waals surface area contributed by atoms with E-state index in [9.17, 15) is 22.9 Å². The summed E-state index contributed by atoms with van der Waals surface area (Å²) in [6.07, 6.45) is 1.39. The molecule has 0 radical (unpaired) electrons. The van der Waals surface area contributed by atoms with Crippen LogP contribution in [0, 0.1) is 11.6 Å². The van der Waals surface area contributed by atoms with Crippen LogP contribution in [0.15, 0.2) is 65.6 Å². The lowest BCUT2D eigenvalue weighted by Crippen LogP contribution is -2.36. The van der Waals surface area contributed by atoms with Gasteiger partial charge in [-0.2, -0.15) is 4.31 Å². The van der Waals surface area contributed by atoms with E-state index in [2.05, 4.69) is 5.32 Å². The maximum Gasteiger partial charge on any atom is 0.251 e. The maximum absolute atomic E-state index is 13.5. The molecule has 1 heterocycles. The van der Waals surface area contributed by atoms with Gasteiger partial charge in [0.05, 0.1) is 23.3 Å². The molecule has 1 atom stereocenters. The van der Waals surface area contributed by atoms with Crippen LogP contribution in [0.25, 0.3) is 6.08 Å². The number of carbonyl (C=O) groups excluding carboxylic acids is 2. The minimum Gasteiger partial charge on any atom is -0.588 e. The Kier molecular flexibility index (Phi) is 6.51. The lowest BCUT2D eigenvalue weighted by Gasteiger charge is -2.29. The summed E-state index contributed by atoms with van der Waals surface area (Å²) in [4.78, 5) is 25.8. The van der Waals surface area contributed by atoms with Gasteiger partial charge in [-0.3, -0.25) is 9.59 Å². The second kappa shape index (κ2) is 9.35. The van der Waals surface area contributed by atoms with Crippen LogP contribution in [0.2, 0.25) is 5.02 Å². The molecule has 3 aromatic carbocycles. The first-order chi connectivity index (χ1) is 15.7. The Labute approximate surface area is 197 Å². The van der Waals surface area contributed by atoms with E-state index in [0.717, 1.165) is 11.6 Å². The molecule has 5 nitrogen and oxygen atoms in total. The van der Waals surface area contributed by atoms with Gasteiger partial charge in [0.25, 0.3) is 5.91 Å². The molecule has 4 rings (SSSR count). The number of ketones is 1. The molecule has 0 aliphatic carbocycles. The molecule has 33 heavy (non-hydrogen) atoms. The Morgan fingerprint density at radius 1 is 1.12 bits per heavy atom. The van der Waals surface area contributed by atoms with Gasteiger partial charge in [0.2, 0.25) is 10.7 Å². The van der Waals surface area contributed by atoms with Crippen molar-refractivity contribution in [1.82, 2.24) is 5.32 Å². The molecular formula is C24H17ClF2N2O3S. The molecule has 1 N–H and O–H groups in total. The predicted molar refractivity (Wildman–Crippen MR) is 124 cm³/mol. The average Bonchev–Trinajstić information content (AvgIpc) is 2.81. The maximum atomic E-state index is 13.5. The number of benzene rings is 3. The number of hydrogen-bond acceptors (Lipinski definition) is 4. The van der Waals surface area contributed by atoms with Crippen LogP contribution in [0.5, 0.6) is 0 Å². The van der Waals surface area contributed by atoms with Crippen LogP contribution in [0.3, 0.4) is 0 Å². The number of rotatable bonds is 4. The van der Waals surface area contributed by atoms with Crippen LogP contribution >= 0.6 is 11.6 Å². The van der Waals surface area contributed by atoms with E-state index in [1.807, 2.05) is 0 Å². The SMILES string of the molecule is CN1c2ccc(C(=O)NCc3ccc(F)cc3)cc2C(=O)/C(=C\c2ccc(F)c(Cl)c2)[S+]1[O-]. The number of Topliss-reactive ketones (excluding diaryl/α,β-unsaturated/α-hetero) is 1. The second-order valence-electron chi connectivity index (χ2n) is 7.30. The van der Waals surface area contributed by atoms with Crippen molar-refractivity contribution in [3.8, 4) is 0 Å². The number of nitrogens with one attached hydrogen (secondary N) is 1. The number of halogens is 3. The molecule has 3 aromatic rings. The zero-order valence-corrected chi connectivity index (χ0v) is 18.8. The number of hydrogen-bond donors (Lipinski definition) is 1. The van der Waals surface area contributed by atoms with Crippen LogP contribution < -0.4 is 9.62 Å².